The minimum atomic E-state index is -1.39. The number of aliphatic carboxylic acids is 1. The van der Waals surface area contributed by atoms with Gasteiger partial charge in [0.25, 0.3) is 0 Å². The van der Waals surface area contributed by atoms with E-state index in [9.17, 15) is 18.8 Å². The molecule has 6 nitrogen and oxygen atoms in total. The predicted molar refractivity (Wildman–Crippen MR) is 79.6 cm³/mol. The average Bonchev–Trinajstić information content (AvgIpc) is 3.24. The Balaban J connectivity index is 1.71. The summed E-state index contributed by atoms with van der Waals surface area (Å²) in [5.41, 5.74) is -1.03. The van der Waals surface area contributed by atoms with E-state index in [1.807, 2.05) is 0 Å². The van der Waals surface area contributed by atoms with Crippen LogP contribution >= 0.6 is 11.6 Å². The fourth-order valence-electron chi connectivity index (χ4n) is 2.68. The molecule has 1 unspecified atom stereocenters. The first-order chi connectivity index (χ1) is 10.8. The topological polar surface area (TPSA) is 86.7 Å². The molecule has 2 amide bonds. The minimum Gasteiger partial charge on any atom is -0.480 e. The minimum absolute atomic E-state index is 0.0395. The zero-order chi connectivity index (χ0) is 16.8. The van der Waals surface area contributed by atoms with Crippen molar-refractivity contribution in [2.45, 2.75) is 25.3 Å². The molecule has 1 aliphatic heterocycles. The Hall–Kier alpha value is -2.15. The highest BCUT2D eigenvalue weighted by atomic mass is 35.5. The molecule has 1 saturated heterocycles. The molecule has 8 heteroatoms. The molecule has 1 aliphatic carbocycles. The van der Waals surface area contributed by atoms with Crippen LogP contribution in [0.1, 0.15) is 19.3 Å². The molecule has 1 aromatic carbocycles. The third kappa shape index (κ3) is 2.65. The first-order valence-corrected chi connectivity index (χ1v) is 7.54. The lowest BCUT2D eigenvalue weighted by molar-refractivity contribution is -0.149. The third-order valence-electron chi connectivity index (χ3n) is 4.32. The van der Waals surface area contributed by atoms with Crippen molar-refractivity contribution in [3.63, 3.8) is 0 Å². The van der Waals surface area contributed by atoms with Crippen molar-refractivity contribution in [2.24, 2.45) is 5.41 Å². The van der Waals surface area contributed by atoms with Crippen LogP contribution in [0.5, 0.6) is 0 Å². The predicted octanol–water partition coefficient (Wildman–Crippen LogP) is 1.57. The second-order valence-electron chi connectivity index (χ2n) is 5.79. The second kappa shape index (κ2) is 5.49. The van der Waals surface area contributed by atoms with Crippen LogP contribution < -0.4 is 10.2 Å². The molecule has 3 rings (SSSR count). The van der Waals surface area contributed by atoms with Gasteiger partial charge >= 0.3 is 5.97 Å². The van der Waals surface area contributed by atoms with Crippen LogP contribution in [0.25, 0.3) is 0 Å². The summed E-state index contributed by atoms with van der Waals surface area (Å²) in [6.45, 7) is 0.310. The van der Waals surface area contributed by atoms with Crippen LogP contribution in [0.4, 0.5) is 10.1 Å². The highest BCUT2D eigenvalue weighted by Crippen LogP contribution is 2.46. The molecule has 0 bridgehead atoms. The number of carbonyl (C=O) groups excluding carboxylic acids is 2. The zero-order valence-electron chi connectivity index (χ0n) is 12.0. The molecule has 0 aromatic heterocycles. The third-order valence-corrected chi connectivity index (χ3v) is 4.63. The van der Waals surface area contributed by atoms with Crippen molar-refractivity contribution >= 4 is 35.1 Å². The van der Waals surface area contributed by atoms with Gasteiger partial charge in [0.1, 0.15) is 17.3 Å². The van der Waals surface area contributed by atoms with E-state index in [-0.39, 0.29) is 23.8 Å². The maximum absolute atomic E-state index is 13.5. The number of amides is 2. The number of benzene rings is 1. The van der Waals surface area contributed by atoms with Crippen molar-refractivity contribution in [1.82, 2.24) is 5.32 Å². The van der Waals surface area contributed by atoms with Gasteiger partial charge in [-0.3, -0.25) is 14.4 Å². The summed E-state index contributed by atoms with van der Waals surface area (Å²) in [4.78, 5) is 36.9. The number of halogens is 2. The van der Waals surface area contributed by atoms with E-state index in [0.717, 1.165) is 6.07 Å². The van der Waals surface area contributed by atoms with Gasteiger partial charge in [0.2, 0.25) is 11.8 Å². The van der Waals surface area contributed by atoms with Crippen molar-refractivity contribution in [1.29, 1.82) is 0 Å². The number of carboxylic acid groups (broad SMARTS) is 1. The van der Waals surface area contributed by atoms with Crippen molar-refractivity contribution in [3.8, 4) is 0 Å². The van der Waals surface area contributed by atoms with Crippen LogP contribution in [-0.4, -0.2) is 35.5 Å². The maximum atomic E-state index is 13.5. The number of nitrogens with one attached hydrogen (secondary N) is 1. The summed E-state index contributed by atoms with van der Waals surface area (Å²) >= 11 is 5.62. The Morgan fingerprint density at radius 3 is 2.65 bits per heavy atom. The van der Waals surface area contributed by atoms with Crippen molar-refractivity contribution in [3.05, 3.63) is 29.0 Å². The molecule has 0 spiro atoms. The van der Waals surface area contributed by atoms with Crippen molar-refractivity contribution in [2.75, 3.05) is 11.4 Å². The molecule has 2 N–H and O–H groups in total. The van der Waals surface area contributed by atoms with Gasteiger partial charge < -0.3 is 15.3 Å². The summed E-state index contributed by atoms with van der Waals surface area (Å²) in [5, 5.41) is 11.6. The van der Waals surface area contributed by atoms with E-state index in [2.05, 4.69) is 5.32 Å². The molecule has 1 atom stereocenters. The Kier molecular flexibility index (Phi) is 3.75. The van der Waals surface area contributed by atoms with Gasteiger partial charge in [-0.15, -0.1) is 0 Å². The smallest absolute Gasteiger partial charge is 0.319 e. The van der Waals surface area contributed by atoms with Gasteiger partial charge in [0.05, 0.1) is 5.02 Å². The van der Waals surface area contributed by atoms with Crippen molar-refractivity contribution < 1.29 is 23.9 Å². The van der Waals surface area contributed by atoms with Gasteiger partial charge in [-0.25, -0.2) is 4.39 Å². The molecule has 2 fully saturated rings. The highest BCUT2D eigenvalue weighted by Gasteiger charge is 2.57. The van der Waals surface area contributed by atoms with E-state index >= 15 is 0 Å². The summed E-state index contributed by atoms with van der Waals surface area (Å²) in [5.74, 6) is -2.82. The lowest BCUT2D eigenvalue weighted by Gasteiger charge is -2.18. The van der Waals surface area contributed by atoms with Gasteiger partial charge in [0, 0.05) is 12.2 Å². The molecular formula is C15H14ClFN2O4. The highest BCUT2D eigenvalue weighted by molar-refractivity contribution is 6.30. The summed E-state index contributed by atoms with van der Waals surface area (Å²) in [6.07, 6.45) is 0.896. The summed E-state index contributed by atoms with van der Waals surface area (Å²) < 4.78 is 13.5. The number of hydrogen-bond donors (Lipinski definition) is 2. The molecule has 122 valence electrons. The van der Waals surface area contributed by atoms with Gasteiger partial charge in [0.15, 0.2) is 0 Å². The number of carboxylic acids is 1. The lowest BCUT2D eigenvalue weighted by Crippen LogP contribution is -2.46. The average molecular weight is 341 g/mol. The maximum Gasteiger partial charge on any atom is 0.319 e. The number of rotatable bonds is 4. The Bertz CT molecular complexity index is 705. The van der Waals surface area contributed by atoms with E-state index in [1.54, 1.807) is 0 Å². The fourth-order valence-corrected chi connectivity index (χ4v) is 2.80. The van der Waals surface area contributed by atoms with Crippen LogP contribution in [0.15, 0.2) is 18.2 Å². The van der Waals surface area contributed by atoms with Gasteiger partial charge in [-0.1, -0.05) is 11.6 Å². The Morgan fingerprint density at radius 1 is 1.39 bits per heavy atom. The standard InChI is InChI=1S/C15H14ClFN2O4/c16-9-2-1-8(7-10(9)17)19-6-3-11(12(19)20)18-13(21)15(4-5-15)14(22)23/h1-2,7,11H,3-6H2,(H,18,21)(H,22,23). The van der Waals surface area contributed by atoms with Gasteiger partial charge in [-0.2, -0.15) is 0 Å². The molecule has 23 heavy (non-hydrogen) atoms. The lowest BCUT2D eigenvalue weighted by atomic mass is 10.1. The monoisotopic (exact) mass is 340 g/mol. The summed E-state index contributed by atoms with van der Waals surface area (Å²) in [6, 6.07) is 3.24. The zero-order valence-corrected chi connectivity index (χ0v) is 12.8. The number of anilines is 1. The van der Waals surface area contributed by atoms with E-state index < -0.39 is 29.2 Å². The van der Waals surface area contributed by atoms with Gasteiger partial charge in [-0.05, 0) is 37.5 Å². The number of hydrogen-bond acceptors (Lipinski definition) is 3. The van der Waals surface area contributed by atoms with E-state index in [4.69, 9.17) is 16.7 Å². The van der Waals surface area contributed by atoms with Crippen LogP contribution in [0, 0.1) is 11.2 Å². The van der Waals surface area contributed by atoms with Crippen LogP contribution in [0.3, 0.4) is 0 Å². The fraction of sp³-hybridized carbons (Fsp3) is 0.400. The number of carbonyl (C=O) groups is 3. The molecule has 1 heterocycles. The van der Waals surface area contributed by atoms with Crippen LogP contribution in [-0.2, 0) is 14.4 Å². The Morgan fingerprint density at radius 2 is 2.09 bits per heavy atom. The largest absolute Gasteiger partial charge is 0.480 e. The quantitative estimate of drug-likeness (QED) is 0.814. The molecular weight excluding hydrogens is 327 g/mol. The Labute approximate surface area is 136 Å². The molecule has 0 radical (unpaired) electrons. The molecule has 1 saturated carbocycles. The first-order valence-electron chi connectivity index (χ1n) is 7.16. The second-order valence-corrected chi connectivity index (χ2v) is 6.20. The first kappa shape index (κ1) is 15.7. The molecule has 1 aromatic rings. The number of nitrogens with zero attached hydrogens (tertiary/aromatic N) is 1. The van der Waals surface area contributed by atoms with E-state index in [1.165, 1.54) is 17.0 Å². The summed E-state index contributed by atoms with van der Waals surface area (Å²) in [7, 11) is 0. The van der Waals surface area contributed by atoms with Crippen LogP contribution in [0.2, 0.25) is 5.02 Å². The normalized spacial score (nSPS) is 22.1. The van der Waals surface area contributed by atoms with E-state index in [0.29, 0.717) is 18.7 Å². The SMILES string of the molecule is O=C1C(NC(=O)C2(C(=O)O)CC2)CCN1c1ccc(Cl)c(F)c1. The molecule has 2 aliphatic rings.